The van der Waals surface area contributed by atoms with E-state index in [9.17, 15) is 0 Å². The zero-order chi connectivity index (χ0) is 5.70. The molecule has 1 atom stereocenters. The van der Waals surface area contributed by atoms with Crippen LogP contribution in [0.15, 0.2) is 0 Å². The highest BCUT2D eigenvalue weighted by atomic mass is 14.6. The van der Waals surface area contributed by atoms with Gasteiger partial charge in [-0.15, -0.1) is 0 Å². The minimum Gasteiger partial charge on any atom is -0.330 e. The lowest BCUT2D eigenvalue weighted by atomic mass is 10.2. The molecule has 4 N–H and O–H groups in total. The first kappa shape index (κ1) is 6.92. The number of hydrogen-bond acceptors (Lipinski definition) is 2. The average molecular weight is 102 g/mol. The SMILES string of the molecule is CC(N)CCCN. The zero-order valence-corrected chi connectivity index (χ0v) is 4.85. The Morgan fingerprint density at radius 3 is 2.29 bits per heavy atom. The monoisotopic (exact) mass is 102 g/mol. The molecule has 0 spiro atoms. The third kappa shape index (κ3) is 5.92. The highest BCUT2D eigenvalue weighted by Crippen LogP contribution is 1.88. The molecule has 0 saturated carbocycles. The maximum atomic E-state index is 5.42. The van der Waals surface area contributed by atoms with E-state index >= 15 is 0 Å². The first-order valence-corrected chi connectivity index (χ1v) is 2.73. The first-order valence-electron chi connectivity index (χ1n) is 2.73. The highest BCUT2D eigenvalue weighted by Gasteiger charge is 1.88. The van der Waals surface area contributed by atoms with Crippen LogP contribution in [-0.2, 0) is 0 Å². The predicted molar refractivity (Wildman–Crippen MR) is 31.9 cm³/mol. The van der Waals surface area contributed by atoms with E-state index in [0.29, 0.717) is 6.04 Å². The molecule has 0 aliphatic heterocycles. The van der Waals surface area contributed by atoms with Gasteiger partial charge in [0.2, 0.25) is 0 Å². The van der Waals surface area contributed by atoms with Gasteiger partial charge < -0.3 is 11.5 Å². The number of hydrogen-bond donors (Lipinski definition) is 2. The molecule has 2 nitrogen and oxygen atoms in total. The Labute approximate surface area is 44.9 Å². The zero-order valence-electron chi connectivity index (χ0n) is 4.85. The molecule has 2 heteroatoms. The lowest BCUT2D eigenvalue weighted by Gasteiger charge is -1.99. The molecule has 1 unspecified atom stereocenters. The van der Waals surface area contributed by atoms with Crippen molar-refractivity contribution in [2.45, 2.75) is 25.8 Å². The summed E-state index contributed by atoms with van der Waals surface area (Å²) in [5.74, 6) is 0. The molecule has 0 fully saturated rings. The van der Waals surface area contributed by atoms with Crippen LogP contribution in [-0.4, -0.2) is 12.6 Å². The Kier molecular flexibility index (Phi) is 4.04. The fourth-order valence-corrected chi connectivity index (χ4v) is 0.440. The van der Waals surface area contributed by atoms with Crippen molar-refractivity contribution in [3.63, 3.8) is 0 Å². The fourth-order valence-electron chi connectivity index (χ4n) is 0.440. The third-order valence-electron chi connectivity index (χ3n) is 0.864. The summed E-state index contributed by atoms with van der Waals surface area (Å²) < 4.78 is 0. The van der Waals surface area contributed by atoms with Crippen molar-refractivity contribution in [3.8, 4) is 0 Å². The Morgan fingerprint density at radius 2 is 2.14 bits per heavy atom. The van der Waals surface area contributed by atoms with Crippen molar-refractivity contribution in [1.29, 1.82) is 0 Å². The fraction of sp³-hybridized carbons (Fsp3) is 1.00. The Hall–Kier alpha value is -0.0800. The summed E-state index contributed by atoms with van der Waals surface area (Å²) in [5, 5.41) is 0. The van der Waals surface area contributed by atoms with Crippen LogP contribution in [0.1, 0.15) is 19.8 Å². The van der Waals surface area contributed by atoms with Gasteiger partial charge >= 0.3 is 0 Å². The van der Waals surface area contributed by atoms with Gasteiger partial charge in [-0.2, -0.15) is 0 Å². The molecule has 0 amide bonds. The molecule has 0 heterocycles. The average Bonchev–Trinajstić information content (AvgIpc) is 1.61. The molecule has 0 aliphatic rings. The van der Waals surface area contributed by atoms with Crippen LogP contribution in [0.4, 0.5) is 0 Å². The summed E-state index contributed by atoms with van der Waals surface area (Å²) in [6.07, 6.45) is 2.11. The highest BCUT2D eigenvalue weighted by molar-refractivity contribution is 4.51. The van der Waals surface area contributed by atoms with Gasteiger partial charge in [-0.25, -0.2) is 0 Å². The molecule has 0 bridgehead atoms. The number of nitrogens with two attached hydrogens (primary N) is 2. The van der Waals surface area contributed by atoms with E-state index in [0.717, 1.165) is 19.4 Å². The van der Waals surface area contributed by atoms with Crippen LogP contribution >= 0.6 is 0 Å². The smallest absolute Gasteiger partial charge is 0.00109 e. The Morgan fingerprint density at radius 1 is 1.57 bits per heavy atom. The van der Waals surface area contributed by atoms with Crippen molar-refractivity contribution < 1.29 is 0 Å². The second-order valence-electron chi connectivity index (χ2n) is 1.91. The second-order valence-corrected chi connectivity index (χ2v) is 1.91. The standard InChI is InChI=1S/C5H14N2/c1-5(7)3-2-4-6/h5H,2-4,6-7H2,1H3. The number of rotatable bonds is 3. The van der Waals surface area contributed by atoms with Crippen LogP contribution in [0.2, 0.25) is 0 Å². The third-order valence-corrected chi connectivity index (χ3v) is 0.864. The minimum absolute atomic E-state index is 0.323. The summed E-state index contributed by atoms with van der Waals surface area (Å²) >= 11 is 0. The molecule has 0 aliphatic carbocycles. The van der Waals surface area contributed by atoms with E-state index in [1.807, 2.05) is 6.92 Å². The lowest BCUT2D eigenvalue weighted by molar-refractivity contribution is 0.631. The van der Waals surface area contributed by atoms with E-state index < -0.39 is 0 Å². The largest absolute Gasteiger partial charge is 0.330 e. The van der Waals surface area contributed by atoms with Crippen LogP contribution in [0.5, 0.6) is 0 Å². The van der Waals surface area contributed by atoms with Crippen LogP contribution in [0.25, 0.3) is 0 Å². The normalized spacial score (nSPS) is 14.1. The second kappa shape index (κ2) is 4.09. The quantitative estimate of drug-likeness (QED) is 0.530. The van der Waals surface area contributed by atoms with Gasteiger partial charge in [0.15, 0.2) is 0 Å². The molecular formula is C5H14N2. The molecule has 44 valence electrons. The van der Waals surface area contributed by atoms with Gasteiger partial charge in [0.05, 0.1) is 0 Å². The molecule has 0 saturated heterocycles. The van der Waals surface area contributed by atoms with Crippen LogP contribution in [0.3, 0.4) is 0 Å². The summed E-state index contributed by atoms with van der Waals surface area (Å²) in [6.45, 7) is 2.76. The summed E-state index contributed by atoms with van der Waals surface area (Å²) in [7, 11) is 0. The van der Waals surface area contributed by atoms with Gasteiger partial charge in [-0.3, -0.25) is 0 Å². The minimum atomic E-state index is 0.323. The Bertz CT molecular complexity index is 35.1. The predicted octanol–water partition coefficient (Wildman–Crippen LogP) is 0.0725. The van der Waals surface area contributed by atoms with Crippen molar-refractivity contribution in [1.82, 2.24) is 0 Å². The van der Waals surface area contributed by atoms with E-state index in [2.05, 4.69) is 0 Å². The van der Waals surface area contributed by atoms with E-state index in [1.54, 1.807) is 0 Å². The molecule has 0 aromatic carbocycles. The molecule has 0 rings (SSSR count). The first-order chi connectivity index (χ1) is 3.27. The van der Waals surface area contributed by atoms with Crippen LogP contribution < -0.4 is 11.5 Å². The summed E-state index contributed by atoms with van der Waals surface area (Å²) in [5.41, 5.74) is 10.6. The van der Waals surface area contributed by atoms with E-state index in [-0.39, 0.29) is 0 Å². The molecule has 7 heavy (non-hydrogen) atoms. The van der Waals surface area contributed by atoms with Crippen molar-refractivity contribution >= 4 is 0 Å². The van der Waals surface area contributed by atoms with E-state index in [4.69, 9.17) is 11.5 Å². The maximum Gasteiger partial charge on any atom is 0.00109 e. The van der Waals surface area contributed by atoms with Crippen molar-refractivity contribution in [3.05, 3.63) is 0 Å². The lowest BCUT2D eigenvalue weighted by Crippen LogP contribution is -2.16. The molecular weight excluding hydrogens is 88.1 g/mol. The van der Waals surface area contributed by atoms with Gasteiger partial charge in [0, 0.05) is 6.04 Å². The van der Waals surface area contributed by atoms with Gasteiger partial charge in [-0.05, 0) is 26.3 Å². The Balaban J connectivity index is 2.68. The van der Waals surface area contributed by atoms with Crippen molar-refractivity contribution in [2.75, 3.05) is 6.54 Å². The summed E-state index contributed by atoms with van der Waals surface area (Å²) in [6, 6.07) is 0.323. The summed E-state index contributed by atoms with van der Waals surface area (Å²) in [4.78, 5) is 0. The maximum absolute atomic E-state index is 5.42. The van der Waals surface area contributed by atoms with Crippen LogP contribution in [0, 0.1) is 0 Å². The topological polar surface area (TPSA) is 52.0 Å². The van der Waals surface area contributed by atoms with Gasteiger partial charge in [-0.1, -0.05) is 0 Å². The van der Waals surface area contributed by atoms with Gasteiger partial charge in [0.25, 0.3) is 0 Å². The molecule has 0 aromatic heterocycles. The van der Waals surface area contributed by atoms with E-state index in [1.165, 1.54) is 0 Å². The molecule has 0 aromatic rings. The molecule has 0 radical (unpaired) electrons. The van der Waals surface area contributed by atoms with Gasteiger partial charge in [0.1, 0.15) is 0 Å². The van der Waals surface area contributed by atoms with Crippen molar-refractivity contribution in [2.24, 2.45) is 11.5 Å².